The van der Waals surface area contributed by atoms with E-state index in [9.17, 15) is 4.79 Å². The Labute approximate surface area is 64.9 Å². The number of hydrogen-bond acceptors (Lipinski definition) is 3. The summed E-state index contributed by atoms with van der Waals surface area (Å²) in [6.45, 7) is 1.59. The summed E-state index contributed by atoms with van der Waals surface area (Å²) < 4.78 is 0. The van der Waals surface area contributed by atoms with Crippen molar-refractivity contribution in [2.75, 3.05) is 0 Å². The van der Waals surface area contributed by atoms with E-state index in [0.29, 0.717) is 5.57 Å². The fourth-order valence-electron chi connectivity index (χ4n) is 0.528. The molecule has 0 aliphatic rings. The Morgan fingerprint density at radius 1 is 1.91 bits per heavy atom. The fourth-order valence-corrected chi connectivity index (χ4v) is 0.528. The number of carboxylic acid groups (broad SMARTS) is 1. The Morgan fingerprint density at radius 2 is 2.45 bits per heavy atom. The van der Waals surface area contributed by atoms with E-state index in [1.54, 1.807) is 6.92 Å². The van der Waals surface area contributed by atoms with Crippen LogP contribution in [0.5, 0.6) is 0 Å². The van der Waals surface area contributed by atoms with Crippen LogP contribution >= 0.6 is 0 Å². The Balaban J connectivity index is 4.14. The first-order valence-corrected chi connectivity index (χ1v) is 3.11. The smallest absolute Gasteiger partial charge is 0.324 e. The minimum Gasteiger partial charge on any atom is -0.480 e. The first kappa shape index (κ1) is 9.66. The zero-order valence-corrected chi connectivity index (χ0v) is 6.24. The molecule has 0 aromatic carbocycles. The summed E-state index contributed by atoms with van der Waals surface area (Å²) in [7, 11) is 0. The van der Waals surface area contributed by atoms with Crippen LogP contribution in [0.2, 0.25) is 0 Å². The molecule has 0 rings (SSSR count). The van der Waals surface area contributed by atoms with Gasteiger partial charge in [-0.1, -0.05) is 6.08 Å². The van der Waals surface area contributed by atoms with Gasteiger partial charge >= 0.3 is 5.97 Å². The van der Waals surface area contributed by atoms with Crippen LogP contribution in [0.3, 0.4) is 0 Å². The largest absolute Gasteiger partial charge is 0.480 e. The minimum absolute atomic E-state index is 0.201. The molecule has 1 atom stereocenters. The van der Waals surface area contributed by atoms with Crippen molar-refractivity contribution in [1.29, 1.82) is 5.26 Å². The molecule has 4 nitrogen and oxygen atoms in total. The number of aliphatic carboxylic acids is 1. The third kappa shape index (κ3) is 3.38. The maximum atomic E-state index is 10.3. The minimum atomic E-state index is -1.07. The van der Waals surface area contributed by atoms with Crippen LogP contribution < -0.4 is 5.73 Å². The van der Waals surface area contributed by atoms with E-state index in [-0.39, 0.29) is 6.42 Å². The second kappa shape index (κ2) is 4.47. The fraction of sp³-hybridized carbons (Fsp3) is 0.429. The van der Waals surface area contributed by atoms with Crippen molar-refractivity contribution >= 4 is 5.97 Å². The van der Waals surface area contributed by atoms with E-state index in [4.69, 9.17) is 16.1 Å². The van der Waals surface area contributed by atoms with Gasteiger partial charge in [0.1, 0.15) is 6.04 Å². The number of allylic oxidation sites excluding steroid dienone is 1. The van der Waals surface area contributed by atoms with E-state index in [2.05, 4.69) is 0 Å². The van der Waals surface area contributed by atoms with Gasteiger partial charge < -0.3 is 10.8 Å². The highest BCUT2D eigenvalue weighted by Gasteiger charge is 2.11. The zero-order valence-electron chi connectivity index (χ0n) is 6.24. The molecule has 0 aliphatic heterocycles. The van der Waals surface area contributed by atoms with Crippen molar-refractivity contribution in [3.05, 3.63) is 11.6 Å². The van der Waals surface area contributed by atoms with Gasteiger partial charge in [0.25, 0.3) is 0 Å². The molecular weight excluding hydrogens is 144 g/mol. The lowest BCUT2D eigenvalue weighted by atomic mass is 10.1. The number of carboxylic acids is 1. The summed E-state index contributed by atoms with van der Waals surface area (Å²) in [5, 5.41) is 16.6. The molecule has 0 saturated heterocycles. The quantitative estimate of drug-likeness (QED) is 0.571. The predicted octanol–water partition coefficient (Wildman–Crippen LogP) is 0.258. The molecule has 0 heterocycles. The van der Waals surface area contributed by atoms with Crippen LogP contribution in [-0.4, -0.2) is 17.1 Å². The van der Waals surface area contributed by atoms with Crippen LogP contribution in [0.1, 0.15) is 13.3 Å². The molecule has 11 heavy (non-hydrogen) atoms. The molecule has 0 amide bonds. The van der Waals surface area contributed by atoms with E-state index < -0.39 is 12.0 Å². The maximum absolute atomic E-state index is 10.3. The molecular formula is C7H10N2O2. The van der Waals surface area contributed by atoms with Crippen molar-refractivity contribution in [2.45, 2.75) is 19.4 Å². The van der Waals surface area contributed by atoms with E-state index in [1.807, 2.05) is 6.07 Å². The van der Waals surface area contributed by atoms with Gasteiger partial charge in [0.05, 0.1) is 12.5 Å². The van der Waals surface area contributed by atoms with Crippen molar-refractivity contribution < 1.29 is 9.90 Å². The van der Waals surface area contributed by atoms with Gasteiger partial charge in [-0.2, -0.15) is 5.26 Å². The van der Waals surface area contributed by atoms with Crippen LogP contribution in [0.4, 0.5) is 0 Å². The Kier molecular flexibility index (Phi) is 3.93. The second-order valence-corrected chi connectivity index (χ2v) is 2.13. The third-order valence-corrected chi connectivity index (χ3v) is 1.27. The summed E-state index contributed by atoms with van der Waals surface area (Å²) in [5.41, 5.74) is 5.74. The van der Waals surface area contributed by atoms with Gasteiger partial charge in [-0.15, -0.1) is 0 Å². The lowest BCUT2D eigenvalue weighted by Gasteiger charge is -2.04. The van der Waals surface area contributed by atoms with Gasteiger partial charge in [-0.3, -0.25) is 4.79 Å². The summed E-state index contributed by atoms with van der Waals surface area (Å²) in [6.07, 6.45) is 1.71. The number of hydrogen-bond donors (Lipinski definition) is 2. The number of rotatable bonds is 3. The summed E-state index contributed by atoms with van der Waals surface area (Å²) in [6, 6.07) is 0.885. The molecule has 0 bridgehead atoms. The van der Waals surface area contributed by atoms with Crippen molar-refractivity contribution in [2.24, 2.45) is 5.73 Å². The van der Waals surface area contributed by atoms with Crippen LogP contribution in [0.25, 0.3) is 0 Å². The lowest BCUT2D eigenvalue weighted by Crippen LogP contribution is -2.31. The van der Waals surface area contributed by atoms with Crippen molar-refractivity contribution in [3.8, 4) is 6.07 Å². The standard InChI is InChI=1S/C7H10N2O2/c1-5(3-2-4-8)6(9)7(10)11/h3,6H,2,9H2,1H3,(H,10,11)/b5-3+/t6-/m1/s1. The molecule has 0 unspecified atom stereocenters. The molecule has 0 saturated carbocycles. The molecule has 0 fully saturated rings. The monoisotopic (exact) mass is 154 g/mol. The Bertz CT molecular complexity index is 215. The number of carbonyl (C=O) groups is 1. The number of nitrogens with zero attached hydrogens (tertiary/aromatic N) is 1. The molecule has 4 heteroatoms. The first-order chi connectivity index (χ1) is 5.09. The van der Waals surface area contributed by atoms with Crippen LogP contribution in [-0.2, 0) is 4.79 Å². The van der Waals surface area contributed by atoms with Gasteiger partial charge in [-0.05, 0) is 12.5 Å². The zero-order chi connectivity index (χ0) is 8.85. The van der Waals surface area contributed by atoms with Gasteiger partial charge in [0.15, 0.2) is 0 Å². The normalized spacial score (nSPS) is 13.7. The average Bonchev–Trinajstić information content (AvgIpc) is 1.98. The Morgan fingerprint density at radius 3 is 2.82 bits per heavy atom. The van der Waals surface area contributed by atoms with Gasteiger partial charge in [0, 0.05) is 0 Å². The molecule has 0 aromatic heterocycles. The molecule has 60 valence electrons. The van der Waals surface area contributed by atoms with E-state index >= 15 is 0 Å². The Hall–Kier alpha value is -1.34. The number of nitriles is 1. The maximum Gasteiger partial charge on any atom is 0.324 e. The predicted molar refractivity (Wildman–Crippen MR) is 39.6 cm³/mol. The molecule has 0 spiro atoms. The summed E-state index contributed by atoms with van der Waals surface area (Å²) in [4.78, 5) is 10.3. The highest BCUT2D eigenvalue weighted by molar-refractivity contribution is 5.76. The SMILES string of the molecule is C/C(=C\CC#N)[C@@H](N)C(=O)O. The van der Waals surface area contributed by atoms with Crippen LogP contribution in [0.15, 0.2) is 11.6 Å². The molecule has 3 N–H and O–H groups in total. The van der Waals surface area contributed by atoms with Gasteiger partial charge in [0.2, 0.25) is 0 Å². The topological polar surface area (TPSA) is 87.1 Å². The summed E-state index contributed by atoms with van der Waals surface area (Å²) in [5.74, 6) is -1.07. The first-order valence-electron chi connectivity index (χ1n) is 3.11. The molecule has 0 radical (unpaired) electrons. The van der Waals surface area contributed by atoms with Crippen molar-refractivity contribution in [1.82, 2.24) is 0 Å². The van der Waals surface area contributed by atoms with Gasteiger partial charge in [-0.25, -0.2) is 0 Å². The highest BCUT2D eigenvalue weighted by atomic mass is 16.4. The lowest BCUT2D eigenvalue weighted by molar-refractivity contribution is -0.137. The molecule has 0 aromatic rings. The van der Waals surface area contributed by atoms with E-state index in [0.717, 1.165) is 0 Å². The van der Waals surface area contributed by atoms with Crippen molar-refractivity contribution in [3.63, 3.8) is 0 Å². The second-order valence-electron chi connectivity index (χ2n) is 2.13. The third-order valence-electron chi connectivity index (χ3n) is 1.27. The van der Waals surface area contributed by atoms with E-state index in [1.165, 1.54) is 6.08 Å². The highest BCUT2D eigenvalue weighted by Crippen LogP contribution is 1.99. The average molecular weight is 154 g/mol. The molecule has 0 aliphatic carbocycles. The summed E-state index contributed by atoms with van der Waals surface area (Å²) >= 11 is 0. The number of nitrogens with two attached hydrogens (primary N) is 1. The van der Waals surface area contributed by atoms with Crippen LogP contribution in [0, 0.1) is 11.3 Å².